The van der Waals surface area contributed by atoms with E-state index in [2.05, 4.69) is 241 Å². The lowest BCUT2D eigenvalue weighted by Crippen LogP contribution is -2.59. The Balaban J connectivity index is 0.863. The molecule has 0 aliphatic carbocycles. The van der Waals surface area contributed by atoms with Gasteiger partial charge >= 0.3 is 6.85 Å². The minimum absolute atomic E-state index is 0.0800. The van der Waals surface area contributed by atoms with Crippen LogP contribution in [-0.4, -0.2) is 6.85 Å². The smallest absolute Gasteiger partial charge is 0.329 e. The second-order valence-corrected chi connectivity index (χ2v) is 24.3. The lowest BCUT2D eigenvalue weighted by molar-refractivity contribution is 0.669. The van der Waals surface area contributed by atoms with Gasteiger partial charge in [-0.25, -0.2) is 0 Å². The fourth-order valence-corrected chi connectivity index (χ4v) is 16.4. The van der Waals surface area contributed by atoms with E-state index in [0.717, 1.165) is 27.5 Å². The van der Waals surface area contributed by atoms with Crippen molar-refractivity contribution in [1.29, 1.82) is 0 Å². The Bertz CT molecular complexity index is 4610. The van der Waals surface area contributed by atoms with E-state index in [4.69, 9.17) is 4.42 Å². The third-order valence-electron chi connectivity index (χ3n) is 16.9. The average Bonchev–Trinajstić information content (AvgIpc) is 4.06. The van der Waals surface area contributed by atoms with Gasteiger partial charge < -0.3 is 9.23 Å². The van der Waals surface area contributed by atoms with Crippen LogP contribution in [-0.2, 0) is 0 Å². The van der Waals surface area contributed by atoms with Gasteiger partial charge in [-0.05, 0) is 176 Å². The molecule has 360 valence electrons. The van der Waals surface area contributed by atoms with Gasteiger partial charge in [-0.2, -0.15) is 0 Å². The summed E-state index contributed by atoms with van der Waals surface area (Å²) in [6.45, 7) is -0.0800. The summed E-state index contributed by atoms with van der Waals surface area (Å²) >= 11 is 5.62. The molecule has 0 N–H and O–H groups in total. The molecule has 6 heteroatoms. The third kappa shape index (κ3) is 6.31. The maximum Gasteiger partial charge on any atom is 0.329 e. The second-order valence-electron chi connectivity index (χ2n) is 21.1. The van der Waals surface area contributed by atoms with E-state index in [1.807, 2.05) is 40.1 Å². The van der Waals surface area contributed by atoms with Crippen LogP contribution in [0.1, 0.15) is 0 Å². The summed E-state index contributed by atoms with van der Waals surface area (Å²) in [5, 5.41) is 10.1. The molecule has 16 aromatic rings. The molecule has 2 nitrogen and oxygen atoms in total. The maximum atomic E-state index is 6.33. The van der Waals surface area contributed by atoms with Crippen LogP contribution < -0.4 is 15.7 Å². The molecule has 2 aliphatic heterocycles. The Morgan fingerprint density at radius 1 is 0.256 bits per heavy atom. The summed E-state index contributed by atoms with van der Waals surface area (Å²) in [6, 6.07) is 91.6. The molecule has 0 saturated heterocycles. The van der Waals surface area contributed by atoms with Gasteiger partial charge in [0.15, 0.2) is 0 Å². The first-order chi connectivity index (χ1) is 38.6. The number of rotatable bonds is 4. The topological polar surface area (TPSA) is 16.4 Å². The van der Waals surface area contributed by atoms with Gasteiger partial charge in [0.05, 0.1) is 0 Å². The normalized spacial score (nSPS) is 12.8. The quantitative estimate of drug-likeness (QED) is 0.163. The van der Waals surface area contributed by atoms with E-state index in [0.29, 0.717) is 0 Å². The number of hydrogen-bond acceptors (Lipinski definition) is 5. The highest BCUT2D eigenvalue weighted by Gasteiger charge is 2.43. The molecule has 0 saturated carbocycles. The minimum atomic E-state index is -0.0800. The minimum Gasteiger partial charge on any atom is -0.456 e. The third-order valence-corrected chi connectivity index (χ3v) is 20.3. The van der Waals surface area contributed by atoms with Crippen molar-refractivity contribution in [2.45, 2.75) is 0 Å². The van der Waals surface area contributed by atoms with E-state index in [1.165, 1.54) is 144 Å². The molecule has 4 aromatic heterocycles. The zero-order valence-electron chi connectivity index (χ0n) is 41.8. The predicted molar refractivity (Wildman–Crippen MR) is 339 cm³/mol. The van der Waals surface area contributed by atoms with Crippen molar-refractivity contribution in [3.8, 4) is 66.8 Å². The number of fused-ring (bicyclic) bond motifs is 23. The highest BCUT2D eigenvalue weighted by Crippen LogP contribution is 2.50. The molecule has 78 heavy (non-hydrogen) atoms. The van der Waals surface area contributed by atoms with Crippen LogP contribution in [0.25, 0.3) is 149 Å². The number of para-hydroxylation sites is 1. The Hall–Kier alpha value is -9.04. The van der Waals surface area contributed by atoms with E-state index in [-0.39, 0.29) is 6.85 Å². The van der Waals surface area contributed by atoms with Crippen LogP contribution in [0.3, 0.4) is 0 Å². The van der Waals surface area contributed by atoms with Crippen LogP contribution >= 0.6 is 34.0 Å². The molecule has 0 radical (unpaired) electrons. The van der Waals surface area contributed by atoms with Crippen molar-refractivity contribution in [2.24, 2.45) is 0 Å². The molecule has 0 spiro atoms. The molecule has 6 heterocycles. The molecular weight excluding hydrogens is 1000 g/mol. The van der Waals surface area contributed by atoms with Crippen LogP contribution in [0.15, 0.2) is 247 Å². The molecule has 0 unspecified atom stereocenters. The fourth-order valence-electron chi connectivity index (χ4n) is 13.2. The maximum absolute atomic E-state index is 6.33. The number of nitrogens with zero attached hydrogens (tertiary/aromatic N) is 1. The van der Waals surface area contributed by atoms with Crippen molar-refractivity contribution in [3.05, 3.63) is 243 Å². The summed E-state index contributed by atoms with van der Waals surface area (Å²) in [4.78, 5) is 2.65. The van der Waals surface area contributed by atoms with Crippen molar-refractivity contribution in [2.75, 3.05) is 4.81 Å². The molecule has 0 amide bonds. The number of hydrogen-bond donors (Lipinski definition) is 0. The summed E-state index contributed by atoms with van der Waals surface area (Å²) < 4.78 is 14.2. The molecule has 2 aliphatic rings. The molecule has 0 fully saturated rings. The zero-order valence-corrected chi connectivity index (χ0v) is 44.2. The van der Waals surface area contributed by atoms with Gasteiger partial charge in [-0.15, -0.1) is 34.0 Å². The van der Waals surface area contributed by atoms with Crippen LogP contribution in [0.5, 0.6) is 0 Å². The molecular formula is C72H40BNOS3. The van der Waals surface area contributed by atoms with Crippen molar-refractivity contribution in [1.82, 2.24) is 0 Å². The SMILES string of the molecule is c1ccc2c(c1)oc1ccc(-c3ccc4c(c3)-c3cc(-c5ccc6sc7ccccc7c6c5)ccc3B3c5ccc(-c6ccc7sc8ccccc8c7c6)cc5-c5cc(-c6ccc7sc8ccccc8c7c6)ccc5N34)cc12. The van der Waals surface area contributed by atoms with E-state index in [9.17, 15) is 0 Å². The largest absolute Gasteiger partial charge is 0.456 e. The lowest BCUT2D eigenvalue weighted by Gasteiger charge is -2.44. The first kappa shape index (κ1) is 43.1. The van der Waals surface area contributed by atoms with Gasteiger partial charge in [-0.1, -0.05) is 133 Å². The van der Waals surface area contributed by atoms with Gasteiger partial charge in [0.1, 0.15) is 11.2 Å². The number of thiophene rings is 3. The van der Waals surface area contributed by atoms with Gasteiger partial charge in [0, 0.05) is 93.8 Å². The summed E-state index contributed by atoms with van der Waals surface area (Å²) in [5.41, 5.74) is 21.5. The lowest BCUT2D eigenvalue weighted by atomic mass is 9.43. The highest BCUT2D eigenvalue weighted by atomic mass is 32.1. The van der Waals surface area contributed by atoms with E-state index < -0.39 is 0 Å². The molecule has 0 bridgehead atoms. The molecule has 18 rings (SSSR count). The summed E-state index contributed by atoms with van der Waals surface area (Å²) in [6.07, 6.45) is 0. The van der Waals surface area contributed by atoms with Crippen molar-refractivity contribution >= 4 is 146 Å². The number of furan rings is 1. The monoisotopic (exact) mass is 1040 g/mol. The Morgan fingerprint density at radius 3 is 1.06 bits per heavy atom. The average molecular weight is 1040 g/mol. The molecule has 12 aromatic carbocycles. The predicted octanol–water partition coefficient (Wildman–Crippen LogP) is 20.3. The van der Waals surface area contributed by atoms with Gasteiger partial charge in [0.2, 0.25) is 0 Å². The standard InChI is InChI=1S/C72H40BNOS3/c1-5-13-65-49(9-1)57-37-45(21-29-66(57)75-65)43-19-27-63-55(35-43)53-33-41(46-22-30-70-58(38-46)50-10-2-6-14-67(50)76-70)17-25-61(53)73-62-26-18-42(47-23-31-71-59(39-47)51-11-3-7-15-68(51)77-71)34-54(62)56-36-44(20-28-64(56)74(63)73)48-24-32-72-60(40-48)52-12-4-8-16-69(52)78-72/h1-40H. The summed E-state index contributed by atoms with van der Waals surface area (Å²) in [7, 11) is 0. The van der Waals surface area contributed by atoms with E-state index in [1.54, 1.807) is 0 Å². The second kappa shape index (κ2) is 16.2. The van der Waals surface area contributed by atoms with Crippen LogP contribution in [0.4, 0.5) is 11.4 Å². The first-order valence-electron chi connectivity index (χ1n) is 26.6. The van der Waals surface area contributed by atoms with Crippen molar-refractivity contribution in [3.63, 3.8) is 0 Å². The van der Waals surface area contributed by atoms with E-state index >= 15 is 0 Å². The zero-order chi connectivity index (χ0) is 50.7. The fraction of sp³-hybridized carbons (Fsp3) is 0. The van der Waals surface area contributed by atoms with Gasteiger partial charge in [-0.3, -0.25) is 0 Å². The Labute approximate surface area is 461 Å². The van der Waals surface area contributed by atoms with Crippen LogP contribution in [0, 0.1) is 0 Å². The molecule has 0 atom stereocenters. The number of anilines is 2. The van der Waals surface area contributed by atoms with Crippen LogP contribution in [0.2, 0.25) is 0 Å². The van der Waals surface area contributed by atoms with Crippen molar-refractivity contribution < 1.29 is 4.42 Å². The number of benzene rings is 12. The Morgan fingerprint density at radius 2 is 0.590 bits per heavy atom. The Kier molecular flexibility index (Phi) is 8.98. The first-order valence-corrected chi connectivity index (χ1v) is 29.1. The highest BCUT2D eigenvalue weighted by molar-refractivity contribution is 7.26. The van der Waals surface area contributed by atoms with Gasteiger partial charge in [0.25, 0.3) is 0 Å². The summed E-state index contributed by atoms with van der Waals surface area (Å²) in [5.74, 6) is 0.